The molecule has 3 N–H and O–H groups in total. The molecule has 3 amide bonds. The van der Waals surface area contributed by atoms with Crippen molar-refractivity contribution in [1.29, 1.82) is 0 Å². The number of carbonyl (C=O) groups excluding carboxylic acids is 3. The number of nitrogens with one attached hydrogen (secondary N) is 3. The summed E-state index contributed by atoms with van der Waals surface area (Å²) in [5.41, 5.74) is 1.62. The minimum Gasteiger partial charge on any atom is -0.495 e. The molecule has 0 atom stereocenters. The van der Waals surface area contributed by atoms with E-state index in [2.05, 4.69) is 16.0 Å². The van der Waals surface area contributed by atoms with Crippen molar-refractivity contribution in [3.05, 3.63) is 54.1 Å². The number of benzene rings is 2. The lowest BCUT2D eigenvalue weighted by atomic mass is 10.2. The lowest BCUT2D eigenvalue weighted by Crippen LogP contribution is -2.37. The topological polar surface area (TPSA) is 109 Å². The maximum absolute atomic E-state index is 12.5. The molecule has 0 spiro atoms. The van der Waals surface area contributed by atoms with Crippen molar-refractivity contribution in [1.82, 2.24) is 10.2 Å². The highest BCUT2D eigenvalue weighted by atomic mass is 16.5. The molecule has 172 valence electrons. The van der Waals surface area contributed by atoms with Crippen LogP contribution in [-0.2, 0) is 14.3 Å². The first-order chi connectivity index (χ1) is 15.4. The minimum absolute atomic E-state index is 0.119. The van der Waals surface area contributed by atoms with Crippen LogP contribution in [0.5, 0.6) is 5.75 Å². The monoisotopic (exact) mass is 442 g/mol. The summed E-state index contributed by atoms with van der Waals surface area (Å²) in [4.78, 5) is 38.2. The van der Waals surface area contributed by atoms with Gasteiger partial charge in [-0.3, -0.25) is 19.3 Å². The van der Waals surface area contributed by atoms with Gasteiger partial charge in [-0.2, -0.15) is 0 Å². The maximum atomic E-state index is 12.5. The van der Waals surface area contributed by atoms with E-state index in [1.165, 1.54) is 7.11 Å². The van der Waals surface area contributed by atoms with Gasteiger partial charge in [0.2, 0.25) is 11.8 Å². The molecule has 0 fully saturated rings. The smallest absolute Gasteiger partial charge is 0.255 e. The van der Waals surface area contributed by atoms with Crippen LogP contribution in [0.1, 0.15) is 16.8 Å². The number of ether oxygens (including phenoxy) is 2. The summed E-state index contributed by atoms with van der Waals surface area (Å²) in [6.45, 7) is 1.55. The standard InChI is InChI=1S/C23H30N4O5/c1-27(16-22(29)24-13-15-31-2)14-12-21(28)25-18-10-8-17(9-11-18)23(30)26-19-6-4-5-7-20(19)32-3/h4-11H,12-16H2,1-3H3,(H,24,29)(H,25,28)(H,26,30). The molecule has 32 heavy (non-hydrogen) atoms. The largest absolute Gasteiger partial charge is 0.495 e. The maximum Gasteiger partial charge on any atom is 0.255 e. The van der Waals surface area contributed by atoms with Gasteiger partial charge in [-0.15, -0.1) is 0 Å². The number of rotatable bonds is 12. The third kappa shape index (κ3) is 8.37. The third-order valence-corrected chi connectivity index (χ3v) is 4.55. The molecule has 0 radical (unpaired) electrons. The highest BCUT2D eigenvalue weighted by molar-refractivity contribution is 6.05. The Balaban J connectivity index is 1.78. The second-order valence-electron chi connectivity index (χ2n) is 7.11. The molecule has 0 bridgehead atoms. The molecule has 9 nitrogen and oxygen atoms in total. The first-order valence-corrected chi connectivity index (χ1v) is 10.2. The number of hydrogen-bond donors (Lipinski definition) is 3. The van der Waals surface area contributed by atoms with E-state index in [0.717, 1.165) is 0 Å². The number of methoxy groups -OCH3 is 2. The molecule has 0 aliphatic rings. The number of anilines is 2. The predicted octanol–water partition coefficient (Wildman–Crippen LogP) is 1.97. The van der Waals surface area contributed by atoms with Crippen molar-refractivity contribution in [2.24, 2.45) is 0 Å². The first-order valence-electron chi connectivity index (χ1n) is 10.2. The highest BCUT2D eigenvalue weighted by Gasteiger charge is 2.11. The molecular formula is C23H30N4O5. The molecular weight excluding hydrogens is 412 g/mol. The van der Waals surface area contributed by atoms with E-state index >= 15 is 0 Å². The summed E-state index contributed by atoms with van der Waals surface area (Å²) in [6, 6.07) is 13.8. The summed E-state index contributed by atoms with van der Waals surface area (Å²) < 4.78 is 10.1. The normalized spacial score (nSPS) is 10.5. The fourth-order valence-corrected chi connectivity index (χ4v) is 2.84. The number of hydrogen-bond acceptors (Lipinski definition) is 6. The van der Waals surface area contributed by atoms with E-state index < -0.39 is 0 Å². The van der Waals surface area contributed by atoms with Crippen LogP contribution in [-0.4, -0.2) is 70.1 Å². The van der Waals surface area contributed by atoms with Crippen LogP contribution in [0.15, 0.2) is 48.5 Å². The molecule has 0 heterocycles. The van der Waals surface area contributed by atoms with E-state index in [4.69, 9.17) is 9.47 Å². The molecule has 0 aliphatic carbocycles. The number of amides is 3. The molecule has 0 aromatic heterocycles. The molecule has 0 saturated carbocycles. The van der Waals surface area contributed by atoms with Gasteiger partial charge in [0.15, 0.2) is 0 Å². The van der Waals surface area contributed by atoms with Crippen molar-refractivity contribution in [2.75, 3.05) is 58.1 Å². The molecule has 0 unspecified atom stereocenters. The van der Waals surface area contributed by atoms with Crippen LogP contribution >= 0.6 is 0 Å². The van der Waals surface area contributed by atoms with Crippen molar-refractivity contribution < 1.29 is 23.9 Å². The van der Waals surface area contributed by atoms with Gasteiger partial charge in [0.05, 0.1) is 25.9 Å². The van der Waals surface area contributed by atoms with Gasteiger partial charge < -0.3 is 25.4 Å². The van der Waals surface area contributed by atoms with Gasteiger partial charge in [-0.1, -0.05) is 12.1 Å². The van der Waals surface area contributed by atoms with Crippen LogP contribution in [0.4, 0.5) is 11.4 Å². The SMILES string of the molecule is COCCNC(=O)CN(C)CCC(=O)Nc1ccc(C(=O)Nc2ccccc2OC)cc1. The Morgan fingerprint density at radius 3 is 2.34 bits per heavy atom. The minimum atomic E-state index is -0.280. The van der Waals surface area contributed by atoms with Crippen LogP contribution < -0.4 is 20.7 Å². The van der Waals surface area contributed by atoms with Crippen molar-refractivity contribution in [3.63, 3.8) is 0 Å². The Morgan fingerprint density at radius 1 is 0.938 bits per heavy atom. The summed E-state index contributed by atoms with van der Waals surface area (Å²) in [5.74, 6) is -0.00486. The van der Waals surface area contributed by atoms with Crippen LogP contribution in [0, 0.1) is 0 Å². The highest BCUT2D eigenvalue weighted by Crippen LogP contribution is 2.23. The van der Waals surface area contributed by atoms with E-state index in [9.17, 15) is 14.4 Å². The lowest BCUT2D eigenvalue weighted by molar-refractivity contribution is -0.123. The Labute approximate surface area is 188 Å². The van der Waals surface area contributed by atoms with Gasteiger partial charge in [-0.25, -0.2) is 0 Å². The van der Waals surface area contributed by atoms with Crippen molar-refractivity contribution in [3.8, 4) is 5.75 Å². The lowest BCUT2D eigenvalue weighted by Gasteiger charge is -2.16. The molecule has 0 aliphatic heterocycles. The van der Waals surface area contributed by atoms with Gasteiger partial charge in [-0.05, 0) is 43.4 Å². The van der Waals surface area contributed by atoms with E-state index in [0.29, 0.717) is 42.4 Å². The van der Waals surface area contributed by atoms with E-state index in [1.807, 2.05) is 12.1 Å². The molecule has 2 aromatic rings. The zero-order valence-electron chi connectivity index (χ0n) is 18.6. The Kier molecular flexibility index (Phi) is 10.2. The number of carbonyl (C=O) groups is 3. The second kappa shape index (κ2) is 13.1. The number of nitrogens with zero attached hydrogens (tertiary/aromatic N) is 1. The van der Waals surface area contributed by atoms with E-state index in [1.54, 1.807) is 55.5 Å². The number of likely N-dealkylation sites (N-methyl/N-ethyl adjacent to an activating group) is 1. The average Bonchev–Trinajstić information content (AvgIpc) is 2.78. The van der Waals surface area contributed by atoms with Crippen LogP contribution in [0.25, 0.3) is 0 Å². The zero-order valence-corrected chi connectivity index (χ0v) is 18.6. The predicted molar refractivity (Wildman–Crippen MR) is 123 cm³/mol. The number of para-hydroxylation sites is 2. The Bertz CT molecular complexity index is 902. The fourth-order valence-electron chi connectivity index (χ4n) is 2.84. The van der Waals surface area contributed by atoms with Gasteiger partial charge in [0.25, 0.3) is 5.91 Å². The zero-order chi connectivity index (χ0) is 23.3. The quantitative estimate of drug-likeness (QED) is 0.434. The third-order valence-electron chi connectivity index (χ3n) is 4.55. The Hall–Kier alpha value is -3.43. The average molecular weight is 443 g/mol. The summed E-state index contributed by atoms with van der Waals surface area (Å²) >= 11 is 0. The first kappa shape index (κ1) is 24.8. The molecule has 2 rings (SSSR count). The van der Waals surface area contributed by atoms with Gasteiger partial charge in [0.1, 0.15) is 5.75 Å². The molecule has 9 heteroatoms. The van der Waals surface area contributed by atoms with Gasteiger partial charge >= 0.3 is 0 Å². The fraction of sp³-hybridized carbons (Fsp3) is 0.348. The molecule has 0 saturated heterocycles. The molecule has 2 aromatic carbocycles. The summed E-state index contributed by atoms with van der Waals surface area (Å²) in [7, 11) is 4.89. The van der Waals surface area contributed by atoms with Crippen molar-refractivity contribution >= 4 is 29.1 Å². The summed E-state index contributed by atoms with van der Waals surface area (Å²) in [5, 5.41) is 8.33. The van der Waals surface area contributed by atoms with Gasteiger partial charge in [0, 0.05) is 37.9 Å². The van der Waals surface area contributed by atoms with E-state index in [-0.39, 0.29) is 30.7 Å². The second-order valence-corrected chi connectivity index (χ2v) is 7.11. The van der Waals surface area contributed by atoms with Crippen molar-refractivity contribution in [2.45, 2.75) is 6.42 Å². The summed E-state index contributed by atoms with van der Waals surface area (Å²) in [6.07, 6.45) is 0.234. The van der Waals surface area contributed by atoms with Crippen LogP contribution in [0.2, 0.25) is 0 Å². The van der Waals surface area contributed by atoms with Crippen LogP contribution in [0.3, 0.4) is 0 Å². The Morgan fingerprint density at radius 2 is 1.66 bits per heavy atom.